The molecule has 4 rings (SSSR count). The average Bonchev–Trinajstić information content (AvgIpc) is 3.31. The van der Waals surface area contributed by atoms with Crippen molar-refractivity contribution in [3.05, 3.63) is 72.3 Å². The zero-order valence-electron chi connectivity index (χ0n) is 13.5. The highest BCUT2D eigenvalue weighted by Gasteiger charge is 2.10. The molecule has 0 amide bonds. The Morgan fingerprint density at radius 1 is 1.04 bits per heavy atom. The molecule has 0 bridgehead atoms. The van der Waals surface area contributed by atoms with Gasteiger partial charge in [0.2, 0.25) is 5.16 Å². The summed E-state index contributed by atoms with van der Waals surface area (Å²) in [5, 5.41) is 9.15. The average molecular weight is 349 g/mol. The third-order valence-electron chi connectivity index (χ3n) is 3.59. The Morgan fingerprint density at radius 3 is 2.64 bits per heavy atom. The fourth-order valence-corrected chi connectivity index (χ4v) is 2.92. The maximum atomic E-state index is 5.33. The molecule has 2 aromatic carbocycles. The van der Waals surface area contributed by atoms with E-state index in [1.807, 2.05) is 61.5 Å². The number of nitrogens with zero attached hydrogens (tertiary/aromatic N) is 5. The topological polar surface area (TPSA) is 69.6 Å². The molecule has 0 unspecified atom stereocenters. The van der Waals surface area contributed by atoms with Crippen molar-refractivity contribution < 1.29 is 4.52 Å². The number of thioether (sulfide) groups is 1. The first-order chi connectivity index (χ1) is 12.3. The SMILES string of the molecule is Cc1ccc(-c2nc(CSc3ncn(-c4ccccc4)n3)no2)cc1. The highest BCUT2D eigenvalue weighted by Crippen LogP contribution is 2.22. The van der Waals surface area contributed by atoms with Crippen LogP contribution in [0.15, 0.2) is 70.6 Å². The van der Waals surface area contributed by atoms with Crippen LogP contribution >= 0.6 is 11.8 Å². The monoisotopic (exact) mass is 349 g/mol. The molecule has 0 saturated carbocycles. The number of para-hydroxylation sites is 1. The molecule has 0 spiro atoms. The minimum Gasteiger partial charge on any atom is -0.334 e. The zero-order chi connectivity index (χ0) is 17.1. The summed E-state index contributed by atoms with van der Waals surface area (Å²) in [7, 11) is 0. The molecule has 0 radical (unpaired) electrons. The summed E-state index contributed by atoms with van der Waals surface area (Å²) in [5.41, 5.74) is 3.09. The van der Waals surface area contributed by atoms with Crippen molar-refractivity contribution in [1.29, 1.82) is 0 Å². The van der Waals surface area contributed by atoms with Crippen LogP contribution in [-0.2, 0) is 5.75 Å². The summed E-state index contributed by atoms with van der Waals surface area (Å²) < 4.78 is 7.08. The number of aromatic nitrogens is 5. The Kier molecular flexibility index (Phi) is 4.30. The van der Waals surface area contributed by atoms with Crippen molar-refractivity contribution in [2.75, 3.05) is 0 Å². The van der Waals surface area contributed by atoms with Gasteiger partial charge in [-0.2, -0.15) is 4.98 Å². The summed E-state index contributed by atoms with van der Waals surface area (Å²) in [4.78, 5) is 8.74. The molecule has 0 aliphatic carbocycles. The van der Waals surface area contributed by atoms with Crippen molar-refractivity contribution in [2.45, 2.75) is 17.8 Å². The van der Waals surface area contributed by atoms with E-state index < -0.39 is 0 Å². The van der Waals surface area contributed by atoms with Gasteiger partial charge < -0.3 is 4.52 Å². The molecule has 0 saturated heterocycles. The van der Waals surface area contributed by atoms with E-state index >= 15 is 0 Å². The summed E-state index contributed by atoms with van der Waals surface area (Å²) in [6.07, 6.45) is 1.70. The molecule has 0 fully saturated rings. The fourth-order valence-electron chi connectivity index (χ4n) is 2.27. The van der Waals surface area contributed by atoms with E-state index in [1.54, 1.807) is 11.0 Å². The molecule has 4 aromatic rings. The molecule has 0 atom stereocenters. The van der Waals surface area contributed by atoms with Crippen molar-refractivity contribution >= 4 is 11.8 Å². The van der Waals surface area contributed by atoms with Gasteiger partial charge in [0, 0.05) is 5.56 Å². The molecule has 6 nitrogen and oxygen atoms in total. The smallest absolute Gasteiger partial charge is 0.257 e. The van der Waals surface area contributed by atoms with Crippen LogP contribution in [-0.4, -0.2) is 24.9 Å². The van der Waals surface area contributed by atoms with Crippen LogP contribution in [0, 0.1) is 6.92 Å². The standard InChI is InChI=1S/C18H15N5OS/c1-13-7-9-14(10-8-13)17-20-16(22-24-17)11-25-18-19-12-23(21-18)15-5-3-2-4-6-15/h2-10,12H,11H2,1H3. The van der Waals surface area contributed by atoms with Gasteiger partial charge in [0.05, 0.1) is 11.4 Å². The largest absolute Gasteiger partial charge is 0.334 e. The van der Waals surface area contributed by atoms with Crippen molar-refractivity contribution in [1.82, 2.24) is 24.9 Å². The van der Waals surface area contributed by atoms with Gasteiger partial charge in [-0.25, -0.2) is 9.67 Å². The minimum atomic E-state index is 0.526. The van der Waals surface area contributed by atoms with Crippen LogP contribution < -0.4 is 0 Å². The maximum absolute atomic E-state index is 5.33. The molecular formula is C18H15N5OS. The molecule has 124 valence electrons. The summed E-state index contributed by atoms with van der Waals surface area (Å²) in [6, 6.07) is 17.9. The fraction of sp³-hybridized carbons (Fsp3) is 0.111. The molecule has 2 heterocycles. The lowest BCUT2D eigenvalue weighted by atomic mass is 10.1. The van der Waals surface area contributed by atoms with E-state index in [1.165, 1.54) is 17.3 Å². The zero-order valence-corrected chi connectivity index (χ0v) is 14.3. The molecule has 0 N–H and O–H groups in total. The number of hydrogen-bond acceptors (Lipinski definition) is 6. The van der Waals surface area contributed by atoms with Crippen LogP contribution in [0.5, 0.6) is 0 Å². The third-order valence-corrected chi connectivity index (χ3v) is 4.44. The van der Waals surface area contributed by atoms with Crippen LogP contribution in [0.25, 0.3) is 17.1 Å². The first-order valence-electron chi connectivity index (χ1n) is 7.77. The van der Waals surface area contributed by atoms with E-state index in [0.29, 0.717) is 22.6 Å². The van der Waals surface area contributed by atoms with E-state index in [-0.39, 0.29) is 0 Å². The van der Waals surface area contributed by atoms with Gasteiger partial charge in [0.1, 0.15) is 6.33 Å². The second kappa shape index (κ2) is 6.90. The lowest BCUT2D eigenvalue weighted by Gasteiger charge is -1.97. The number of aryl methyl sites for hydroxylation is 1. The van der Waals surface area contributed by atoms with Crippen molar-refractivity contribution in [3.8, 4) is 17.1 Å². The van der Waals surface area contributed by atoms with Gasteiger partial charge in [0.15, 0.2) is 5.82 Å². The van der Waals surface area contributed by atoms with E-state index in [0.717, 1.165) is 11.3 Å². The number of benzene rings is 2. The highest BCUT2D eigenvalue weighted by molar-refractivity contribution is 7.98. The van der Waals surface area contributed by atoms with Gasteiger partial charge in [-0.1, -0.05) is 52.8 Å². The maximum Gasteiger partial charge on any atom is 0.257 e. The molecule has 25 heavy (non-hydrogen) atoms. The Balaban J connectivity index is 1.42. The second-order valence-corrected chi connectivity index (χ2v) is 6.42. The Morgan fingerprint density at radius 2 is 1.84 bits per heavy atom. The summed E-state index contributed by atoms with van der Waals surface area (Å²) >= 11 is 1.47. The Hall–Kier alpha value is -2.93. The normalized spacial score (nSPS) is 10.9. The Labute approximate surface area is 148 Å². The minimum absolute atomic E-state index is 0.526. The first kappa shape index (κ1) is 15.6. The molecule has 0 aliphatic rings. The van der Waals surface area contributed by atoms with Gasteiger partial charge in [-0.05, 0) is 31.2 Å². The van der Waals surface area contributed by atoms with Crippen LogP contribution in [0.1, 0.15) is 11.4 Å². The summed E-state index contributed by atoms with van der Waals surface area (Å²) in [6.45, 7) is 2.04. The van der Waals surface area contributed by atoms with Gasteiger partial charge in [0.25, 0.3) is 5.89 Å². The van der Waals surface area contributed by atoms with Crippen molar-refractivity contribution in [3.63, 3.8) is 0 Å². The van der Waals surface area contributed by atoms with Gasteiger partial charge in [-0.15, -0.1) is 5.10 Å². The van der Waals surface area contributed by atoms with Gasteiger partial charge >= 0.3 is 0 Å². The molecule has 7 heteroatoms. The first-order valence-corrected chi connectivity index (χ1v) is 8.76. The van der Waals surface area contributed by atoms with E-state index in [2.05, 4.69) is 20.2 Å². The quantitative estimate of drug-likeness (QED) is 0.509. The Bertz CT molecular complexity index is 963. The second-order valence-electron chi connectivity index (χ2n) is 5.48. The van der Waals surface area contributed by atoms with E-state index in [4.69, 9.17) is 4.52 Å². The predicted molar refractivity (Wildman–Crippen MR) is 95.4 cm³/mol. The lowest BCUT2D eigenvalue weighted by Crippen LogP contribution is -1.93. The lowest BCUT2D eigenvalue weighted by molar-refractivity contribution is 0.425. The van der Waals surface area contributed by atoms with E-state index in [9.17, 15) is 0 Å². The molecule has 0 aliphatic heterocycles. The summed E-state index contributed by atoms with van der Waals surface area (Å²) in [5.74, 6) is 1.70. The number of rotatable bonds is 5. The predicted octanol–water partition coefficient (Wildman–Crippen LogP) is 3.92. The van der Waals surface area contributed by atoms with Gasteiger partial charge in [-0.3, -0.25) is 0 Å². The van der Waals surface area contributed by atoms with Crippen LogP contribution in [0.4, 0.5) is 0 Å². The highest BCUT2D eigenvalue weighted by atomic mass is 32.2. The van der Waals surface area contributed by atoms with Crippen LogP contribution in [0.3, 0.4) is 0 Å². The third kappa shape index (κ3) is 3.61. The van der Waals surface area contributed by atoms with Crippen molar-refractivity contribution in [2.24, 2.45) is 0 Å². The molecule has 2 aromatic heterocycles. The van der Waals surface area contributed by atoms with Crippen LogP contribution in [0.2, 0.25) is 0 Å². The number of hydrogen-bond donors (Lipinski definition) is 0. The molecular weight excluding hydrogens is 334 g/mol.